The lowest BCUT2D eigenvalue weighted by Gasteiger charge is -2.22. The highest BCUT2D eigenvalue weighted by atomic mass is 16.7. The largest absolute Gasteiger partial charge is 0.497 e. The minimum atomic E-state index is -0.829. The Morgan fingerprint density at radius 1 is 0.857 bits per heavy atom. The van der Waals surface area contributed by atoms with Crippen molar-refractivity contribution >= 4 is 5.97 Å². The molecule has 1 heterocycles. The lowest BCUT2D eigenvalue weighted by Crippen LogP contribution is -2.27. The molecule has 1 unspecified atom stereocenters. The number of epoxide rings is 1. The molecule has 5 nitrogen and oxygen atoms in total. The van der Waals surface area contributed by atoms with E-state index >= 15 is 0 Å². The first-order valence-corrected chi connectivity index (χ1v) is 9.85. The van der Waals surface area contributed by atoms with Crippen LogP contribution in [-0.2, 0) is 19.9 Å². The molecule has 0 radical (unpaired) electrons. The molecule has 1 atom stereocenters. The first-order valence-electron chi connectivity index (χ1n) is 9.85. The van der Waals surface area contributed by atoms with Gasteiger partial charge in [0.05, 0.1) is 14.2 Å². The highest BCUT2D eigenvalue weighted by molar-refractivity contribution is 5.82. The summed E-state index contributed by atoms with van der Waals surface area (Å²) in [7, 11) is 3.26. The van der Waals surface area contributed by atoms with Crippen LogP contribution in [0.5, 0.6) is 11.5 Å². The second-order valence-electron chi connectivity index (χ2n) is 7.39. The minimum absolute atomic E-state index is 0.00915. The van der Waals surface area contributed by atoms with Crippen molar-refractivity contribution in [1.82, 2.24) is 0 Å². The van der Waals surface area contributed by atoms with Gasteiger partial charge in [-0.25, -0.2) is 4.79 Å². The Bertz CT molecular complexity index is 758. The van der Waals surface area contributed by atoms with E-state index in [0.717, 1.165) is 48.3 Å². The molecule has 0 aromatic heterocycles. The Balaban J connectivity index is 1.61. The first-order chi connectivity index (χ1) is 13.7. The molecule has 28 heavy (non-hydrogen) atoms. The standard InChI is InChI=1S/C23H26O5/c1-25-18-12-8-16(9-13-18)23(17-10-14-19(26-2)15-11-17)21(28-23)22(24)27-20-6-4-3-5-7-20/h8-15,20-21H,3-7H2,1-2H3. The van der Waals surface area contributed by atoms with E-state index < -0.39 is 11.7 Å². The second-order valence-corrected chi connectivity index (χ2v) is 7.39. The van der Waals surface area contributed by atoms with Crippen molar-refractivity contribution in [1.29, 1.82) is 0 Å². The second kappa shape index (κ2) is 7.84. The topological polar surface area (TPSA) is 57.3 Å². The maximum absolute atomic E-state index is 12.9. The van der Waals surface area contributed by atoms with Gasteiger partial charge in [-0.3, -0.25) is 0 Å². The van der Waals surface area contributed by atoms with Crippen LogP contribution in [0.25, 0.3) is 0 Å². The molecule has 5 heteroatoms. The van der Waals surface area contributed by atoms with Crippen molar-refractivity contribution in [3.8, 4) is 11.5 Å². The van der Waals surface area contributed by atoms with E-state index in [1.165, 1.54) is 6.42 Å². The summed E-state index contributed by atoms with van der Waals surface area (Å²) in [6, 6.07) is 15.3. The molecule has 0 N–H and O–H groups in total. The molecule has 1 saturated heterocycles. The lowest BCUT2D eigenvalue weighted by molar-refractivity contribution is -0.152. The van der Waals surface area contributed by atoms with Crippen LogP contribution in [0.1, 0.15) is 43.2 Å². The van der Waals surface area contributed by atoms with Crippen LogP contribution >= 0.6 is 0 Å². The predicted octanol–water partition coefficient (Wildman–Crippen LogP) is 4.22. The minimum Gasteiger partial charge on any atom is -0.497 e. The molecular formula is C23H26O5. The van der Waals surface area contributed by atoms with Gasteiger partial charge in [0.15, 0.2) is 11.7 Å². The number of esters is 1. The van der Waals surface area contributed by atoms with E-state index in [4.69, 9.17) is 18.9 Å². The van der Waals surface area contributed by atoms with Gasteiger partial charge in [0, 0.05) is 0 Å². The van der Waals surface area contributed by atoms with E-state index in [1.54, 1.807) is 14.2 Å². The summed E-state index contributed by atoms with van der Waals surface area (Å²) < 4.78 is 22.4. The summed E-state index contributed by atoms with van der Waals surface area (Å²) in [5.41, 5.74) is 0.984. The molecule has 2 aliphatic rings. The van der Waals surface area contributed by atoms with Crippen LogP contribution in [0, 0.1) is 0 Å². The predicted molar refractivity (Wildman–Crippen MR) is 105 cm³/mol. The average molecular weight is 382 g/mol. The summed E-state index contributed by atoms with van der Waals surface area (Å²) >= 11 is 0. The molecule has 1 aliphatic carbocycles. The number of hydrogen-bond acceptors (Lipinski definition) is 5. The van der Waals surface area contributed by atoms with Crippen LogP contribution in [0.4, 0.5) is 0 Å². The first kappa shape index (κ1) is 18.8. The summed E-state index contributed by atoms with van der Waals surface area (Å²) in [6.45, 7) is 0. The number of hydrogen-bond donors (Lipinski definition) is 0. The van der Waals surface area contributed by atoms with Gasteiger partial charge in [-0.2, -0.15) is 0 Å². The molecule has 2 aromatic carbocycles. The number of carbonyl (C=O) groups is 1. The van der Waals surface area contributed by atoms with Crippen molar-refractivity contribution in [3.63, 3.8) is 0 Å². The van der Waals surface area contributed by atoms with Crippen molar-refractivity contribution in [2.24, 2.45) is 0 Å². The van der Waals surface area contributed by atoms with E-state index in [2.05, 4.69) is 0 Å². The molecule has 0 amide bonds. The summed E-state index contributed by atoms with van der Waals surface area (Å²) in [6.07, 6.45) is 4.70. The fourth-order valence-corrected chi connectivity index (χ4v) is 4.06. The third-order valence-corrected chi connectivity index (χ3v) is 5.70. The van der Waals surface area contributed by atoms with E-state index in [1.807, 2.05) is 48.5 Å². The quantitative estimate of drug-likeness (QED) is 0.553. The molecule has 2 aromatic rings. The Kier molecular flexibility index (Phi) is 5.27. The molecule has 1 saturated carbocycles. The molecule has 148 valence electrons. The van der Waals surface area contributed by atoms with Gasteiger partial charge in [0.2, 0.25) is 0 Å². The van der Waals surface area contributed by atoms with Crippen LogP contribution in [0.2, 0.25) is 0 Å². The number of rotatable bonds is 6. The van der Waals surface area contributed by atoms with Gasteiger partial charge < -0.3 is 18.9 Å². The van der Waals surface area contributed by atoms with Gasteiger partial charge >= 0.3 is 5.97 Å². The van der Waals surface area contributed by atoms with Crippen LogP contribution in [-0.4, -0.2) is 32.4 Å². The number of carbonyl (C=O) groups excluding carboxylic acids is 1. The molecule has 0 bridgehead atoms. The monoisotopic (exact) mass is 382 g/mol. The van der Waals surface area contributed by atoms with Crippen molar-refractivity contribution in [2.75, 3.05) is 14.2 Å². The Labute approximate surface area is 165 Å². The fourth-order valence-electron chi connectivity index (χ4n) is 4.06. The third-order valence-electron chi connectivity index (χ3n) is 5.70. The van der Waals surface area contributed by atoms with Gasteiger partial charge in [0.25, 0.3) is 0 Å². The number of ether oxygens (including phenoxy) is 4. The average Bonchev–Trinajstić information content (AvgIpc) is 3.52. The highest BCUT2D eigenvalue weighted by Gasteiger charge is 2.64. The van der Waals surface area contributed by atoms with Crippen molar-refractivity contribution in [2.45, 2.75) is 49.9 Å². The molecule has 2 fully saturated rings. The van der Waals surface area contributed by atoms with Gasteiger partial charge in [-0.1, -0.05) is 30.7 Å². The Hall–Kier alpha value is -2.53. The van der Waals surface area contributed by atoms with Gasteiger partial charge in [0.1, 0.15) is 17.6 Å². The molecule has 0 spiro atoms. The van der Waals surface area contributed by atoms with E-state index in [9.17, 15) is 4.79 Å². The molecular weight excluding hydrogens is 356 g/mol. The van der Waals surface area contributed by atoms with Crippen LogP contribution in [0.3, 0.4) is 0 Å². The maximum Gasteiger partial charge on any atom is 0.339 e. The fraction of sp³-hybridized carbons (Fsp3) is 0.435. The number of benzene rings is 2. The van der Waals surface area contributed by atoms with Crippen molar-refractivity contribution < 1.29 is 23.7 Å². The molecule has 1 aliphatic heterocycles. The Morgan fingerprint density at radius 3 is 1.82 bits per heavy atom. The zero-order valence-corrected chi connectivity index (χ0v) is 16.4. The lowest BCUT2D eigenvalue weighted by atomic mass is 9.87. The van der Waals surface area contributed by atoms with Gasteiger partial charge in [-0.05, 0) is 61.1 Å². The highest BCUT2D eigenvalue weighted by Crippen LogP contribution is 2.53. The summed E-state index contributed by atoms with van der Waals surface area (Å²) in [4.78, 5) is 12.9. The number of methoxy groups -OCH3 is 2. The smallest absolute Gasteiger partial charge is 0.339 e. The van der Waals surface area contributed by atoms with Crippen LogP contribution < -0.4 is 9.47 Å². The zero-order valence-electron chi connectivity index (χ0n) is 16.4. The normalized spacial score (nSPS) is 21.0. The summed E-state index contributed by atoms with van der Waals surface area (Å²) in [5, 5.41) is 0. The zero-order chi connectivity index (χ0) is 19.6. The Morgan fingerprint density at radius 2 is 1.36 bits per heavy atom. The summed E-state index contributed by atoms with van der Waals surface area (Å²) in [5.74, 6) is 1.24. The third kappa shape index (κ3) is 3.47. The van der Waals surface area contributed by atoms with E-state index in [-0.39, 0.29) is 12.1 Å². The SMILES string of the molecule is COc1ccc(C2(c3ccc(OC)cc3)OC2C(=O)OC2CCCCC2)cc1. The van der Waals surface area contributed by atoms with Crippen LogP contribution in [0.15, 0.2) is 48.5 Å². The van der Waals surface area contributed by atoms with E-state index in [0.29, 0.717) is 0 Å². The maximum atomic E-state index is 12.9. The van der Waals surface area contributed by atoms with Gasteiger partial charge in [-0.15, -0.1) is 0 Å². The van der Waals surface area contributed by atoms with Crippen molar-refractivity contribution in [3.05, 3.63) is 59.7 Å². The molecule has 4 rings (SSSR count).